The molecule has 1 aliphatic rings. The number of likely N-dealkylation sites (tertiary alicyclic amines) is 1. The average molecular weight is 303 g/mol. The van der Waals surface area contributed by atoms with E-state index in [1.54, 1.807) is 7.05 Å². The minimum absolute atomic E-state index is 0.00657. The standard InChI is InChI=1S/C17H25N3O2/c1-12-4-5-13(2)15(10-12)19-16(21)11-20-8-6-14(7-9-20)17(22)18-3/h4-5,10,14H,6-9,11H2,1-3H3,(H,18,22)(H,19,21). The van der Waals surface area contributed by atoms with Gasteiger partial charge in [-0.15, -0.1) is 0 Å². The molecule has 1 aliphatic heterocycles. The molecule has 1 heterocycles. The number of nitrogens with one attached hydrogen (secondary N) is 2. The van der Waals surface area contributed by atoms with Gasteiger partial charge in [0.05, 0.1) is 6.54 Å². The number of nitrogens with zero attached hydrogens (tertiary/aromatic N) is 1. The van der Waals surface area contributed by atoms with E-state index in [0.717, 1.165) is 42.7 Å². The summed E-state index contributed by atoms with van der Waals surface area (Å²) in [6.45, 7) is 5.97. The summed E-state index contributed by atoms with van der Waals surface area (Å²) in [6.07, 6.45) is 1.63. The van der Waals surface area contributed by atoms with Gasteiger partial charge in [-0.3, -0.25) is 14.5 Å². The Balaban J connectivity index is 1.83. The molecule has 0 bridgehead atoms. The fourth-order valence-corrected chi connectivity index (χ4v) is 2.82. The molecular formula is C17H25N3O2. The lowest BCUT2D eigenvalue weighted by atomic mass is 9.96. The Labute approximate surface area is 132 Å². The largest absolute Gasteiger partial charge is 0.359 e. The van der Waals surface area contributed by atoms with Gasteiger partial charge in [0.15, 0.2) is 0 Å². The number of hydrogen-bond donors (Lipinski definition) is 2. The second-order valence-electron chi connectivity index (χ2n) is 6.03. The van der Waals surface area contributed by atoms with Crippen LogP contribution in [0.5, 0.6) is 0 Å². The van der Waals surface area contributed by atoms with Crippen molar-refractivity contribution in [2.24, 2.45) is 5.92 Å². The maximum atomic E-state index is 12.2. The van der Waals surface area contributed by atoms with Crippen molar-refractivity contribution in [1.29, 1.82) is 0 Å². The van der Waals surface area contributed by atoms with E-state index in [0.29, 0.717) is 6.54 Å². The Morgan fingerprint density at radius 2 is 1.91 bits per heavy atom. The molecule has 5 heteroatoms. The van der Waals surface area contributed by atoms with E-state index in [1.807, 2.05) is 32.0 Å². The highest BCUT2D eigenvalue weighted by Crippen LogP contribution is 2.18. The lowest BCUT2D eigenvalue weighted by Gasteiger charge is -2.30. The molecule has 0 aliphatic carbocycles. The minimum atomic E-state index is 0.00657. The van der Waals surface area contributed by atoms with Gasteiger partial charge in [-0.1, -0.05) is 12.1 Å². The van der Waals surface area contributed by atoms with Crippen LogP contribution in [0.4, 0.5) is 5.69 Å². The summed E-state index contributed by atoms with van der Waals surface area (Å²) in [5.41, 5.74) is 3.08. The molecule has 1 saturated heterocycles. The number of amides is 2. The van der Waals surface area contributed by atoms with Gasteiger partial charge >= 0.3 is 0 Å². The summed E-state index contributed by atoms with van der Waals surface area (Å²) in [5, 5.41) is 5.68. The molecule has 5 nitrogen and oxygen atoms in total. The molecule has 2 rings (SSSR count). The highest BCUT2D eigenvalue weighted by molar-refractivity contribution is 5.93. The highest BCUT2D eigenvalue weighted by Gasteiger charge is 2.25. The number of rotatable bonds is 4. The van der Waals surface area contributed by atoms with Crippen LogP contribution in [0.1, 0.15) is 24.0 Å². The van der Waals surface area contributed by atoms with Crippen molar-refractivity contribution < 1.29 is 9.59 Å². The van der Waals surface area contributed by atoms with E-state index in [1.165, 1.54) is 0 Å². The van der Waals surface area contributed by atoms with Crippen LogP contribution in [-0.2, 0) is 9.59 Å². The number of carbonyl (C=O) groups excluding carboxylic acids is 2. The molecule has 2 N–H and O–H groups in total. The van der Waals surface area contributed by atoms with Crippen LogP contribution in [-0.4, -0.2) is 43.4 Å². The summed E-state index contributed by atoms with van der Waals surface area (Å²) < 4.78 is 0. The smallest absolute Gasteiger partial charge is 0.238 e. The predicted molar refractivity (Wildman–Crippen MR) is 87.8 cm³/mol. The maximum Gasteiger partial charge on any atom is 0.238 e. The zero-order valence-electron chi connectivity index (χ0n) is 13.6. The quantitative estimate of drug-likeness (QED) is 0.890. The van der Waals surface area contributed by atoms with Crippen molar-refractivity contribution in [3.63, 3.8) is 0 Å². The molecule has 1 aromatic rings. The molecular weight excluding hydrogens is 278 g/mol. The zero-order valence-corrected chi connectivity index (χ0v) is 13.6. The third-order valence-electron chi connectivity index (χ3n) is 4.24. The molecule has 120 valence electrons. The average Bonchev–Trinajstić information content (AvgIpc) is 2.51. The fourth-order valence-electron chi connectivity index (χ4n) is 2.82. The second-order valence-corrected chi connectivity index (χ2v) is 6.03. The van der Waals surface area contributed by atoms with Crippen LogP contribution < -0.4 is 10.6 Å². The third-order valence-corrected chi connectivity index (χ3v) is 4.24. The summed E-state index contributed by atoms with van der Waals surface area (Å²) in [5.74, 6) is 0.204. The van der Waals surface area contributed by atoms with E-state index >= 15 is 0 Å². The van der Waals surface area contributed by atoms with Gasteiger partial charge in [0, 0.05) is 18.7 Å². The number of aryl methyl sites for hydroxylation is 2. The molecule has 2 amide bonds. The van der Waals surface area contributed by atoms with Crippen molar-refractivity contribution in [2.75, 3.05) is 32.0 Å². The number of benzene rings is 1. The van der Waals surface area contributed by atoms with Crippen molar-refractivity contribution in [2.45, 2.75) is 26.7 Å². The first-order valence-corrected chi connectivity index (χ1v) is 7.80. The Kier molecular flexibility index (Phi) is 5.55. The number of hydrogen-bond acceptors (Lipinski definition) is 3. The number of carbonyl (C=O) groups is 2. The molecule has 0 spiro atoms. The molecule has 1 aromatic carbocycles. The van der Waals surface area contributed by atoms with Crippen molar-refractivity contribution in [3.05, 3.63) is 29.3 Å². The van der Waals surface area contributed by atoms with Crippen LogP contribution in [0.15, 0.2) is 18.2 Å². The molecule has 1 fully saturated rings. The Morgan fingerprint density at radius 1 is 1.23 bits per heavy atom. The molecule has 0 atom stereocenters. The summed E-state index contributed by atoms with van der Waals surface area (Å²) in [6, 6.07) is 6.04. The number of anilines is 1. The SMILES string of the molecule is CNC(=O)C1CCN(CC(=O)Nc2cc(C)ccc2C)CC1. The maximum absolute atomic E-state index is 12.2. The highest BCUT2D eigenvalue weighted by atomic mass is 16.2. The topological polar surface area (TPSA) is 61.4 Å². The lowest BCUT2D eigenvalue weighted by molar-refractivity contribution is -0.126. The van der Waals surface area contributed by atoms with Crippen molar-refractivity contribution >= 4 is 17.5 Å². The Bertz CT molecular complexity index is 549. The monoisotopic (exact) mass is 303 g/mol. The van der Waals surface area contributed by atoms with Gasteiger partial charge in [0.2, 0.25) is 11.8 Å². The van der Waals surface area contributed by atoms with Gasteiger partial charge in [-0.2, -0.15) is 0 Å². The first kappa shape index (κ1) is 16.5. The van der Waals surface area contributed by atoms with Gasteiger partial charge in [0.1, 0.15) is 0 Å². The van der Waals surface area contributed by atoms with E-state index in [-0.39, 0.29) is 17.7 Å². The Hall–Kier alpha value is -1.88. The molecule has 0 radical (unpaired) electrons. The van der Waals surface area contributed by atoms with E-state index in [2.05, 4.69) is 15.5 Å². The zero-order chi connectivity index (χ0) is 16.1. The van der Waals surface area contributed by atoms with Gasteiger partial charge < -0.3 is 10.6 Å². The molecule has 0 unspecified atom stereocenters. The van der Waals surface area contributed by atoms with Crippen LogP contribution in [0.2, 0.25) is 0 Å². The number of piperidine rings is 1. The fraction of sp³-hybridized carbons (Fsp3) is 0.529. The van der Waals surface area contributed by atoms with Gasteiger partial charge in [-0.25, -0.2) is 0 Å². The van der Waals surface area contributed by atoms with E-state index in [4.69, 9.17) is 0 Å². The lowest BCUT2D eigenvalue weighted by Crippen LogP contribution is -2.42. The second kappa shape index (κ2) is 7.40. The predicted octanol–water partition coefficient (Wildman–Crippen LogP) is 1.70. The van der Waals surface area contributed by atoms with Crippen LogP contribution >= 0.6 is 0 Å². The molecule has 22 heavy (non-hydrogen) atoms. The van der Waals surface area contributed by atoms with Gasteiger partial charge in [-0.05, 0) is 57.0 Å². The van der Waals surface area contributed by atoms with Crippen LogP contribution in [0, 0.1) is 19.8 Å². The summed E-state index contributed by atoms with van der Waals surface area (Å²) >= 11 is 0. The van der Waals surface area contributed by atoms with Gasteiger partial charge in [0.25, 0.3) is 0 Å². The van der Waals surface area contributed by atoms with Crippen LogP contribution in [0.25, 0.3) is 0 Å². The molecule has 0 saturated carbocycles. The minimum Gasteiger partial charge on any atom is -0.359 e. The van der Waals surface area contributed by atoms with E-state index in [9.17, 15) is 9.59 Å². The summed E-state index contributed by atoms with van der Waals surface area (Å²) in [4.78, 5) is 25.9. The third kappa shape index (κ3) is 4.31. The normalized spacial score (nSPS) is 16.3. The van der Waals surface area contributed by atoms with E-state index < -0.39 is 0 Å². The van der Waals surface area contributed by atoms with Crippen molar-refractivity contribution in [1.82, 2.24) is 10.2 Å². The summed E-state index contributed by atoms with van der Waals surface area (Å²) in [7, 11) is 1.67. The first-order chi connectivity index (χ1) is 10.5. The first-order valence-electron chi connectivity index (χ1n) is 7.80. The Morgan fingerprint density at radius 3 is 2.55 bits per heavy atom. The molecule has 0 aromatic heterocycles. The van der Waals surface area contributed by atoms with Crippen LogP contribution in [0.3, 0.4) is 0 Å². The van der Waals surface area contributed by atoms with Crippen molar-refractivity contribution in [3.8, 4) is 0 Å².